The Morgan fingerprint density at radius 3 is 2.33 bits per heavy atom. The monoisotopic (exact) mass is 285 g/mol. The smallest absolute Gasteiger partial charge is 0.336 e. The molecule has 0 aliphatic carbocycles. The molecule has 0 atom stereocenters. The van der Waals surface area contributed by atoms with E-state index in [0.717, 1.165) is 11.3 Å². The van der Waals surface area contributed by atoms with Crippen LogP contribution >= 0.6 is 0 Å². The zero-order valence-corrected chi connectivity index (χ0v) is 11.9. The molecule has 21 heavy (non-hydrogen) atoms. The fourth-order valence-electron chi connectivity index (χ4n) is 1.96. The van der Waals surface area contributed by atoms with Gasteiger partial charge in [-0.05, 0) is 41.5 Å². The van der Waals surface area contributed by atoms with Crippen molar-refractivity contribution in [3.63, 3.8) is 0 Å². The van der Waals surface area contributed by atoms with Crippen molar-refractivity contribution in [3.8, 4) is 0 Å². The van der Waals surface area contributed by atoms with Crippen molar-refractivity contribution in [2.45, 2.75) is 0 Å². The third kappa shape index (κ3) is 3.69. The second-order valence-corrected chi connectivity index (χ2v) is 4.86. The van der Waals surface area contributed by atoms with Gasteiger partial charge in [-0.2, -0.15) is 0 Å². The number of carboxylic acids is 1. The fourth-order valence-corrected chi connectivity index (χ4v) is 1.96. The largest absolute Gasteiger partial charge is 0.478 e. The van der Waals surface area contributed by atoms with Gasteiger partial charge < -0.3 is 10.0 Å². The summed E-state index contributed by atoms with van der Waals surface area (Å²) in [6, 6.07) is 13.0. The number of carbonyl (C=O) groups is 1. The lowest BCUT2D eigenvalue weighted by Crippen LogP contribution is -2.08. The summed E-state index contributed by atoms with van der Waals surface area (Å²) in [6.07, 6.45) is 1.54. The molecule has 2 rings (SSSR count). The van der Waals surface area contributed by atoms with Crippen LogP contribution < -0.4 is 4.90 Å². The molecule has 0 unspecified atom stereocenters. The Labute approximate surface area is 123 Å². The third-order valence-corrected chi connectivity index (χ3v) is 3.09. The Kier molecular flexibility index (Phi) is 4.38. The predicted octanol–water partition coefficient (Wildman–Crippen LogP) is 3.52. The molecule has 2 aromatic carbocycles. The van der Waals surface area contributed by atoms with E-state index in [1.165, 1.54) is 24.3 Å². The van der Waals surface area contributed by atoms with E-state index in [1.54, 1.807) is 6.07 Å². The lowest BCUT2D eigenvalue weighted by Gasteiger charge is -2.12. The molecule has 0 spiro atoms. The summed E-state index contributed by atoms with van der Waals surface area (Å²) in [6.45, 7) is 0. The molecule has 0 aliphatic rings. The van der Waals surface area contributed by atoms with Crippen molar-refractivity contribution < 1.29 is 14.3 Å². The highest BCUT2D eigenvalue weighted by Gasteiger charge is 2.11. The van der Waals surface area contributed by atoms with Crippen molar-refractivity contribution in [3.05, 3.63) is 65.5 Å². The van der Waals surface area contributed by atoms with Gasteiger partial charge in [0.15, 0.2) is 0 Å². The van der Waals surface area contributed by atoms with Crippen LogP contribution in [0.5, 0.6) is 0 Å². The average molecular weight is 285 g/mol. The van der Waals surface area contributed by atoms with E-state index >= 15 is 0 Å². The first-order chi connectivity index (χ1) is 9.97. The Hall–Kier alpha value is -2.62. The van der Waals surface area contributed by atoms with E-state index < -0.39 is 11.8 Å². The van der Waals surface area contributed by atoms with Crippen LogP contribution in [0.2, 0.25) is 0 Å². The number of rotatable bonds is 4. The van der Waals surface area contributed by atoms with Gasteiger partial charge in [0.1, 0.15) is 5.82 Å². The lowest BCUT2D eigenvalue weighted by molar-refractivity contribution is -0.130. The van der Waals surface area contributed by atoms with Gasteiger partial charge in [0.05, 0.1) is 5.57 Å². The van der Waals surface area contributed by atoms with Crippen molar-refractivity contribution in [1.29, 1.82) is 0 Å². The van der Waals surface area contributed by atoms with Gasteiger partial charge in [0, 0.05) is 19.8 Å². The van der Waals surface area contributed by atoms with Crippen LogP contribution in [0.4, 0.5) is 10.1 Å². The Balaban J connectivity index is 2.40. The summed E-state index contributed by atoms with van der Waals surface area (Å²) in [5, 5.41) is 9.32. The van der Waals surface area contributed by atoms with E-state index in [1.807, 2.05) is 43.3 Å². The standard InChI is InChI=1S/C17H16FNO2/c1-19(2)15-8-6-12(7-9-15)10-16(17(20)21)13-4-3-5-14(18)11-13/h3-11H,1-2H3,(H,20,21)/b16-10+. The summed E-state index contributed by atoms with van der Waals surface area (Å²) in [4.78, 5) is 13.3. The fraction of sp³-hybridized carbons (Fsp3) is 0.118. The van der Waals surface area contributed by atoms with Crippen molar-refractivity contribution in [2.75, 3.05) is 19.0 Å². The van der Waals surface area contributed by atoms with Crippen LogP contribution in [0.15, 0.2) is 48.5 Å². The number of aliphatic carboxylic acids is 1. The summed E-state index contributed by atoms with van der Waals surface area (Å²) in [5.41, 5.74) is 2.18. The van der Waals surface area contributed by atoms with Gasteiger partial charge in [-0.1, -0.05) is 24.3 Å². The maximum Gasteiger partial charge on any atom is 0.336 e. The van der Waals surface area contributed by atoms with Crippen LogP contribution in [0.25, 0.3) is 11.6 Å². The summed E-state index contributed by atoms with van der Waals surface area (Å²) < 4.78 is 13.2. The zero-order chi connectivity index (χ0) is 15.4. The third-order valence-electron chi connectivity index (χ3n) is 3.09. The molecule has 0 fully saturated rings. The molecular weight excluding hydrogens is 269 g/mol. The maximum atomic E-state index is 13.2. The van der Waals surface area contributed by atoms with Gasteiger partial charge in [0.25, 0.3) is 0 Å². The summed E-state index contributed by atoms with van der Waals surface area (Å²) in [5.74, 6) is -1.54. The summed E-state index contributed by atoms with van der Waals surface area (Å²) >= 11 is 0. The van der Waals surface area contributed by atoms with Crippen LogP contribution in [0, 0.1) is 5.82 Å². The molecule has 0 amide bonds. The molecule has 3 nitrogen and oxygen atoms in total. The second kappa shape index (κ2) is 6.22. The van der Waals surface area contributed by atoms with Crippen LogP contribution in [-0.4, -0.2) is 25.2 Å². The molecule has 0 aliphatic heterocycles. The van der Waals surface area contributed by atoms with Gasteiger partial charge in [-0.15, -0.1) is 0 Å². The first-order valence-electron chi connectivity index (χ1n) is 6.45. The highest BCUT2D eigenvalue weighted by Crippen LogP contribution is 2.21. The van der Waals surface area contributed by atoms with E-state index in [-0.39, 0.29) is 5.57 Å². The van der Waals surface area contributed by atoms with Crippen LogP contribution in [0.1, 0.15) is 11.1 Å². The van der Waals surface area contributed by atoms with Crippen LogP contribution in [-0.2, 0) is 4.79 Å². The Morgan fingerprint density at radius 2 is 1.81 bits per heavy atom. The number of hydrogen-bond acceptors (Lipinski definition) is 2. The quantitative estimate of drug-likeness (QED) is 0.690. The van der Waals surface area contributed by atoms with E-state index in [4.69, 9.17) is 0 Å². The number of halogens is 1. The van der Waals surface area contributed by atoms with Gasteiger partial charge in [0.2, 0.25) is 0 Å². The number of carboxylic acid groups (broad SMARTS) is 1. The zero-order valence-electron chi connectivity index (χ0n) is 11.9. The Morgan fingerprint density at radius 1 is 1.14 bits per heavy atom. The first-order valence-corrected chi connectivity index (χ1v) is 6.45. The van der Waals surface area contributed by atoms with E-state index in [9.17, 15) is 14.3 Å². The van der Waals surface area contributed by atoms with E-state index in [0.29, 0.717) is 5.56 Å². The minimum absolute atomic E-state index is 0.0621. The average Bonchev–Trinajstić information content (AvgIpc) is 2.45. The molecule has 0 heterocycles. The lowest BCUT2D eigenvalue weighted by atomic mass is 10.0. The van der Waals surface area contributed by atoms with Crippen LogP contribution in [0.3, 0.4) is 0 Å². The molecule has 1 N–H and O–H groups in total. The molecular formula is C17H16FNO2. The van der Waals surface area contributed by atoms with Gasteiger partial charge in [-0.3, -0.25) is 0 Å². The van der Waals surface area contributed by atoms with Crippen molar-refractivity contribution in [2.24, 2.45) is 0 Å². The molecule has 0 saturated carbocycles. The number of hydrogen-bond donors (Lipinski definition) is 1. The second-order valence-electron chi connectivity index (χ2n) is 4.86. The normalized spacial score (nSPS) is 11.3. The van der Waals surface area contributed by atoms with E-state index in [2.05, 4.69) is 0 Å². The minimum atomic E-state index is -1.09. The summed E-state index contributed by atoms with van der Waals surface area (Å²) in [7, 11) is 3.86. The molecule has 0 saturated heterocycles. The first kappa shape index (κ1) is 14.8. The number of anilines is 1. The Bertz CT molecular complexity index is 675. The molecule has 0 radical (unpaired) electrons. The van der Waals surface area contributed by atoms with Gasteiger partial charge in [-0.25, -0.2) is 9.18 Å². The van der Waals surface area contributed by atoms with Crippen molar-refractivity contribution in [1.82, 2.24) is 0 Å². The van der Waals surface area contributed by atoms with Crippen molar-refractivity contribution >= 4 is 23.3 Å². The maximum absolute atomic E-state index is 13.2. The molecule has 4 heteroatoms. The minimum Gasteiger partial charge on any atom is -0.478 e. The topological polar surface area (TPSA) is 40.5 Å². The predicted molar refractivity (Wildman–Crippen MR) is 82.7 cm³/mol. The highest BCUT2D eigenvalue weighted by molar-refractivity contribution is 6.20. The molecule has 2 aromatic rings. The highest BCUT2D eigenvalue weighted by atomic mass is 19.1. The molecule has 108 valence electrons. The number of nitrogens with zero attached hydrogens (tertiary/aromatic N) is 1. The number of benzene rings is 2. The molecule has 0 aromatic heterocycles. The molecule has 0 bridgehead atoms. The SMILES string of the molecule is CN(C)c1ccc(/C=C(/C(=O)O)c2cccc(F)c2)cc1. The van der Waals surface area contributed by atoms with Gasteiger partial charge >= 0.3 is 5.97 Å².